The van der Waals surface area contributed by atoms with Crippen LogP contribution in [0.1, 0.15) is 25.8 Å². The third-order valence-corrected chi connectivity index (χ3v) is 2.13. The summed E-state index contributed by atoms with van der Waals surface area (Å²) in [7, 11) is 0. The molecule has 0 spiro atoms. The van der Waals surface area contributed by atoms with Crippen LogP contribution in [0.15, 0.2) is 18.3 Å². The molecule has 1 unspecified atom stereocenters. The van der Waals surface area contributed by atoms with Gasteiger partial charge in [0.25, 0.3) is 0 Å². The maximum atomic E-state index is 11.2. The van der Waals surface area contributed by atoms with Gasteiger partial charge in [-0.05, 0) is 18.9 Å². The molecule has 0 radical (unpaired) electrons. The van der Waals surface area contributed by atoms with Crippen LogP contribution in [0.25, 0.3) is 0 Å². The van der Waals surface area contributed by atoms with Gasteiger partial charge in [0.2, 0.25) is 11.8 Å². The van der Waals surface area contributed by atoms with Crippen molar-refractivity contribution in [1.82, 2.24) is 10.3 Å². The molecule has 1 atom stereocenters. The summed E-state index contributed by atoms with van der Waals surface area (Å²) >= 11 is 0. The molecule has 1 amide bonds. The van der Waals surface area contributed by atoms with Crippen molar-refractivity contribution >= 4 is 5.91 Å². The first kappa shape index (κ1) is 13.4. The van der Waals surface area contributed by atoms with Gasteiger partial charge in [-0.2, -0.15) is 0 Å². The van der Waals surface area contributed by atoms with Gasteiger partial charge in [-0.25, -0.2) is 4.98 Å². The number of amides is 1. The maximum Gasteiger partial charge on any atom is 0.236 e. The molecule has 0 saturated carbocycles. The van der Waals surface area contributed by atoms with Gasteiger partial charge in [-0.1, -0.05) is 13.0 Å². The Bertz CT molecular complexity index is 349. The van der Waals surface area contributed by atoms with E-state index in [4.69, 9.17) is 10.5 Å². The predicted molar refractivity (Wildman–Crippen MR) is 65.5 cm³/mol. The van der Waals surface area contributed by atoms with Gasteiger partial charge in [-0.15, -0.1) is 0 Å². The van der Waals surface area contributed by atoms with E-state index >= 15 is 0 Å². The first-order chi connectivity index (χ1) is 8.13. The number of nitrogens with two attached hydrogens (primary N) is 1. The van der Waals surface area contributed by atoms with Gasteiger partial charge < -0.3 is 15.8 Å². The van der Waals surface area contributed by atoms with Gasteiger partial charge in [0.1, 0.15) is 0 Å². The van der Waals surface area contributed by atoms with Crippen molar-refractivity contribution in [2.45, 2.75) is 32.9 Å². The van der Waals surface area contributed by atoms with E-state index in [1.165, 1.54) is 0 Å². The summed E-state index contributed by atoms with van der Waals surface area (Å²) in [5, 5.41) is 2.72. The Hall–Kier alpha value is -1.62. The Morgan fingerprint density at radius 2 is 2.35 bits per heavy atom. The minimum atomic E-state index is -0.491. The first-order valence-electron chi connectivity index (χ1n) is 5.74. The number of ether oxygens (including phenoxy) is 1. The molecular formula is C12H19N3O2. The Morgan fingerprint density at radius 1 is 1.59 bits per heavy atom. The molecule has 0 aliphatic carbocycles. The molecule has 1 aromatic heterocycles. The number of carbonyl (C=O) groups is 1. The summed E-state index contributed by atoms with van der Waals surface area (Å²) in [5.74, 6) is 0.436. The zero-order valence-electron chi connectivity index (χ0n) is 10.3. The van der Waals surface area contributed by atoms with Crippen molar-refractivity contribution in [2.75, 3.05) is 6.61 Å². The lowest BCUT2D eigenvalue weighted by Gasteiger charge is -2.08. The quantitative estimate of drug-likeness (QED) is 0.768. The van der Waals surface area contributed by atoms with Gasteiger partial charge in [0, 0.05) is 18.8 Å². The molecule has 1 aromatic rings. The molecule has 0 aliphatic rings. The lowest BCUT2D eigenvalue weighted by molar-refractivity contribution is -0.122. The number of nitrogens with one attached hydrogen (secondary N) is 1. The molecule has 0 bridgehead atoms. The topological polar surface area (TPSA) is 77.2 Å². The third kappa shape index (κ3) is 4.82. The monoisotopic (exact) mass is 237 g/mol. The normalized spacial score (nSPS) is 11.9. The van der Waals surface area contributed by atoms with E-state index in [-0.39, 0.29) is 5.91 Å². The highest BCUT2D eigenvalue weighted by Gasteiger charge is 2.06. The molecule has 1 heterocycles. The molecule has 1 rings (SSSR count). The fourth-order valence-electron chi connectivity index (χ4n) is 1.16. The second-order valence-electron chi connectivity index (χ2n) is 3.86. The molecular weight excluding hydrogens is 218 g/mol. The molecule has 94 valence electrons. The van der Waals surface area contributed by atoms with Crippen molar-refractivity contribution in [3.63, 3.8) is 0 Å². The van der Waals surface area contributed by atoms with E-state index in [2.05, 4.69) is 10.3 Å². The van der Waals surface area contributed by atoms with Crippen LogP contribution in [0.4, 0.5) is 0 Å². The minimum Gasteiger partial charge on any atom is -0.478 e. The maximum absolute atomic E-state index is 11.2. The molecule has 0 fully saturated rings. The average molecular weight is 237 g/mol. The molecule has 0 saturated heterocycles. The highest BCUT2D eigenvalue weighted by Crippen LogP contribution is 2.07. The van der Waals surface area contributed by atoms with Crippen LogP contribution in [-0.2, 0) is 11.3 Å². The van der Waals surface area contributed by atoms with E-state index in [0.29, 0.717) is 19.0 Å². The highest BCUT2D eigenvalue weighted by atomic mass is 16.5. The number of aromatic nitrogens is 1. The van der Waals surface area contributed by atoms with Crippen LogP contribution in [0.5, 0.6) is 5.88 Å². The average Bonchev–Trinajstić information content (AvgIpc) is 2.34. The Morgan fingerprint density at radius 3 is 2.88 bits per heavy atom. The number of pyridine rings is 1. The van der Waals surface area contributed by atoms with E-state index < -0.39 is 6.04 Å². The van der Waals surface area contributed by atoms with Crippen molar-refractivity contribution in [2.24, 2.45) is 5.73 Å². The summed E-state index contributed by atoms with van der Waals surface area (Å²) in [6.45, 7) is 4.78. The van der Waals surface area contributed by atoms with Crippen molar-refractivity contribution in [3.8, 4) is 5.88 Å². The van der Waals surface area contributed by atoms with E-state index in [9.17, 15) is 4.79 Å². The summed E-state index contributed by atoms with van der Waals surface area (Å²) in [6, 6.07) is 3.18. The van der Waals surface area contributed by atoms with Crippen LogP contribution in [-0.4, -0.2) is 23.5 Å². The second-order valence-corrected chi connectivity index (χ2v) is 3.86. The molecule has 0 aliphatic heterocycles. The minimum absolute atomic E-state index is 0.170. The molecule has 17 heavy (non-hydrogen) atoms. The summed E-state index contributed by atoms with van der Waals surface area (Å²) in [5.41, 5.74) is 6.35. The highest BCUT2D eigenvalue weighted by molar-refractivity contribution is 5.80. The van der Waals surface area contributed by atoms with Crippen LogP contribution in [0.2, 0.25) is 0 Å². The van der Waals surface area contributed by atoms with E-state index in [0.717, 1.165) is 12.0 Å². The standard InChI is InChI=1S/C12H19N3O2/c1-3-6-17-11-5-4-10(7-14-11)8-15-12(16)9(2)13/h4-5,7,9H,3,6,8,13H2,1-2H3,(H,15,16). The van der Waals surface area contributed by atoms with Gasteiger partial charge >= 0.3 is 0 Å². The largest absolute Gasteiger partial charge is 0.478 e. The number of hydrogen-bond acceptors (Lipinski definition) is 4. The summed E-state index contributed by atoms with van der Waals surface area (Å²) < 4.78 is 5.36. The Labute approximate surface area is 101 Å². The van der Waals surface area contributed by atoms with Gasteiger partial charge in [0.15, 0.2) is 0 Å². The number of rotatable bonds is 6. The summed E-state index contributed by atoms with van der Waals surface area (Å²) in [6.07, 6.45) is 2.64. The Kier molecular flexibility index (Phi) is 5.42. The van der Waals surface area contributed by atoms with Gasteiger partial charge in [-0.3, -0.25) is 4.79 Å². The molecule has 5 nitrogen and oxygen atoms in total. The smallest absolute Gasteiger partial charge is 0.236 e. The third-order valence-electron chi connectivity index (χ3n) is 2.13. The fourth-order valence-corrected chi connectivity index (χ4v) is 1.16. The van der Waals surface area contributed by atoms with Crippen LogP contribution in [0.3, 0.4) is 0 Å². The van der Waals surface area contributed by atoms with Crippen molar-refractivity contribution in [3.05, 3.63) is 23.9 Å². The fraction of sp³-hybridized carbons (Fsp3) is 0.500. The van der Waals surface area contributed by atoms with E-state index in [1.54, 1.807) is 19.2 Å². The van der Waals surface area contributed by atoms with Crippen LogP contribution < -0.4 is 15.8 Å². The second kappa shape index (κ2) is 6.85. The number of carbonyl (C=O) groups excluding carboxylic acids is 1. The first-order valence-corrected chi connectivity index (χ1v) is 5.74. The molecule has 3 N–H and O–H groups in total. The van der Waals surface area contributed by atoms with Crippen LogP contribution in [0, 0.1) is 0 Å². The predicted octanol–water partition coefficient (Wildman–Crippen LogP) is 0.834. The van der Waals surface area contributed by atoms with E-state index in [1.807, 2.05) is 13.0 Å². The SMILES string of the molecule is CCCOc1ccc(CNC(=O)C(C)N)cn1. The number of nitrogens with zero attached hydrogens (tertiary/aromatic N) is 1. The van der Waals surface area contributed by atoms with Crippen molar-refractivity contribution < 1.29 is 9.53 Å². The zero-order valence-corrected chi connectivity index (χ0v) is 10.3. The Balaban J connectivity index is 2.42. The van der Waals surface area contributed by atoms with Gasteiger partial charge in [0.05, 0.1) is 12.6 Å². The zero-order chi connectivity index (χ0) is 12.7. The molecule has 5 heteroatoms. The lowest BCUT2D eigenvalue weighted by Crippen LogP contribution is -2.37. The molecule has 0 aromatic carbocycles. The lowest BCUT2D eigenvalue weighted by atomic mass is 10.2. The summed E-state index contributed by atoms with van der Waals surface area (Å²) in [4.78, 5) is 15.4. The number of hydrogen-bond donors (Lipinski definition) is 2. The van der Waals surface area contributed by atoms with Crippen molar-refractivity contribution in [1.29, 1.82) is 0 Å². The van der Waals surface area contributed by atoms with Crippen LogP contribution >= 0.6 is 0 Å².